The third-order valence-electron chi connectivity index (χ3n) is 4.31. The maximum absolute atomic E-state index is 13.0. The summed E-state index contributed by atoms with van der Waals surface area (Å²) < 4.78 is 33.7. The summed E-state index contributed by atoms with van der Waals surface area (Å²) in [7, 11) is -2.47. The Morgan fingerprint density at radius 3 is 2.64 bits per heavy atom. The van der Waals surface area contributed by atoms with Crippen LogP contribution in [0.2, 0.25) is 0 Å². The first-order valence-electron chi connectivity index (χ1n) is 7.88. The molecule has 3 rings (SSSR count). The van der Waals surface area contributed by atoms with Crippen LogP contribution in [0, 0.1) is 6.92 Å². The van der Waals surface area contributed by atoms with E-state index in [0.29, 0.717) is 29.8 Å². The molecule has 132 valence electrons. The van der Waals surface area contributed by atoms with Crippen molar-refractivity contribution in [2.75, 3.05) is 11.8 Å². The van der Waals surface area contributed by atoms with Crippen LogP contribution in [-0.4, -0.2) is 26.6 Å². The molecule has 25 heavy (non-hydrogen) atoms. The molecular formula is C18H19NO5S. The Labute approximate surface area is 146 Å². The number of fused-ring (bicyclic) bond motifs is 1. The topological polar surface area (TPSA) is 92.7 Å². The highest BCUT2D eigenvalue weighted by Crippen LogP contribution is 2.33. The number of carbonyl (C=O) groups is 1. The highest BCUT2D eigenvalue weighted by molar-refractivity contribution is 7.92. The van der Waals surface area contributed by atoms with Crippen LogP contribution in [0.15, 0.2) is 35.2 Å². The van der Waals surface area contributed by atoms with Gasteiger partial charge in [-0.3, -0.25) is 4.72 Å². The van der Waals surface area contributed by atoms with Crippen molar-refractivity contribution in [2.45, 2.75) is 31.1 Å². The maximum Gasteiger partial charge on any atom is 0.335 e. The number of hydrogen-bond donors (Lipinski definition) is 2. The first kappa shape index (κ1) is 17.3. The van der Waals surface area contributed by atoms with Crippen molar-refractivity contribution in [3.8, 4) is 5.75 Å². The smallest absolute Gasteiger partial charge is 0.335 e. The zero-order valence-electron chi connectivity index (χ0n) is 14.0. The third kappa shape index (κ3) is 3.32. The molecule has 0 saturated carbocycles. The van der Waals surface area contributed by atoms with Gasteiger partial charge in [-0.2, -0.15) is 0 Å². The molecule has 0 spiro atoms. The van der Waals surface area contributed by atoms with E-state index in [1.54, 1.807) is 18.2 Å². The first-order chi connectivity index (χ1) is 11.8. The van der Waals surface area contributed by atoms with Crippen molar-refractivity contribution in [2.24, 2.45) is 0 Å². The van der Waals surface area contributed by atoms with Crippen molar-refractivity contribution in [3.05, 3.63) is 52.6 Å². The zero-order valence-corrected chi connectivity index (χ0v) is 14.8. The van der Waals surface area contributed by atoms with E-state index in [2.05, 4.69) is 4.72 Å². The number of aromatic carboxylic acids is 1. The quantitative estimate of drug-likeness (QED) is 0.854. The van der Waals surface area contributed by atoms with Crippen LogP contribution >= 0.6 is 0 Å². The number of methoxy groups -OCH3 is 1. The van der Waals surface area contributed by atoms with Crippen LogP contribution in [0.25, 0.3) is 0 Å². The minimum Gasteiger partial charge on any atom is -0.495 e. The Hall–Kier alpha value is -2.54. The number of benzene rings is 2. The number of carboxylic acid groups (broad SMARTS) is 1. The Morgan fingerprint density at radius 2 is 1.96 bits per heavy atom. The van der Waals surface area contributed by atoms with Gasteiger partial charge in [0.2, 0.25) is 0 Å². The summed E-state index contributed by atoms with van der Waals surface area (Å²) in [6, 6.07) is 7.98. The number of rotatable bonds is 5. The molecule has 0 radical (unpaired) electrons. The lowest BCUT2D eigenvalue weighted by Crippen LogP contribution is -2.17. The van der Waals surface area contributed by atoms with Crippen LogP contribution < -0.4 is 9.46 Å². The van der Waals surface area contributed by atoms with E-state index in [-0.39, 0.29) is 10.5 Å². The largest absolute Gasteiger partial charge is 0.495 e. The molecule has 0 fully saturated rings. The van der Waals surface area contributed by atoms with Crippen molar-refractivity contribution in [1.29, 1.82) is 0 Å². The third-order valence-corrected chi connectivity index (χ3v) is 5.74. The lowest BCUT2D eigenvalue weighted by atomic mass is 10.1. The number of sulfonamides is 1. The Balaban J connectivity index is 2.10. The minimum atomic E-state index is -3.94. The SMILES string of the molecule is COc1ccc(C)cc1NS(=O)(=O)c1cc(C(=O)O)cc2c1CCC2. The van der Waals surface area contributed by atoms with Gasteiger partial charge in [0, 0.05) is 0 Å². The molecule has 0 atom stereocenters. The summed E-state index contributed by atoms with van der Waals surface area (Å²) >= 11 is 0. The number of carboxylic acids is 1. The van der Waals surface area contributed by atoms with E-state index in [1.807, 2.05) is 13.0 Å². The molecular weight excluding hydrogens is 342 g/mol. The Bertz CT molecular complexity index is 950. The molecule has 0 aliphatic heterocycles. The normalized spacial score (nSPS) is 13.4. The summed E-state index contributed by atoms with van der Waals surface area (Å²) in [4.78, 5) is 11.4. The van der Waals surface area contributed by atoms with Crippen LogP contribution in [0.5, 0.6) is 5.75 Å². The fourth-order valence-electron chi connectivity index (χ4n) is 3.13. The van der Waals surface area contributed by atoms with Gasteiger partial charge in [-0.25, -0.2) is 13.2 Å². The van der Waals surface area contributed by atoms with Gasteiger partial charge in [-0.15, -0.1) is 0 Å². The highest BCUT2D eigenvalue weighted by atomic mass is 32.2. The van der Waals surface area contributed by atoms with E-state index in [9.17, 15) is 18.3 Å². The van der Waals surface area contributed by atoms with E-state index >= 15 is 0 Å². The number of ether oxygens (including phenoxy) is 1. The molecule has 2 N–H and O–H groups in total. The molecule has 1 aliphatic carbocycles. The van der Waals surface area contributed by atoms with Crippen LogP contribution in [0.4, 0.5) is 5.69 Å². The fraction of sp³-hybridized carbons (Fsp3) is 0.278. The van der Waals surface area contributed by atoms with Crippen molar-refractivity contribution >= 4 is 21.7 Å². The molecule has 0 unspecified atom stereocenters. The number of nitrogens with one attached hydrogen (secondary N) is 1. The van der Waals surface area contributed by atoms with Gasteiger partial charge < -0.3 is 9.84 Å². The number of hydrogen-bond acceptors (Lipinski definition) is 4. The molecule has 2 aromatic rings. The molecule has 2 aromatic carbocycles. The average molecular weight is 361 g/mol. The molecule has 0 saturated heterocycles. The van der Waals surface area contributed by atoms with Gasteiger partial charge >= 0.3 is 5.97 Å². The van der Waals surface area contributed by atoms with Crippen molar-refractivity contribution in [1.82, 2.24) is 0 Å². The molecule has 0 bridgehead atoms. The van der Waals surface area contributed by atoms with Gasteiger partial charge in [0.15, 0.2) is 0 Å². The van der Waals surface area contributed by atoms with Gasteiger partial charge in [-0.05, 0) is 67.1 Å². The lowest BCUT2D eigenvalue weighted by Gasteiger charge is -2.15. The molecule has 1 aliphatic rings. The second-order valence-corrected chi connectivity index (χ2v) is 7.73. The average Bonchev–Trinajstić information content (AvgIpc) is 3.02. The van der Waals surface area contributed by atoms with E-state index in [4.69, 9.17) is 4.74 Å². The predicted octanol–water partition coefficient (Wildman–Crippen LogP) is 2.99. The van der Waals surface area contributed by atoms with Gasteiger partial charge in [0.1, 0.15) is 5.75 Å². The Kier molecular flexibility index (Phi) is 4.43. The maximum atomic E-state index is 13.0. The van der Waals surface area contributed by atoms with Crippen molar-refractivity contribution < 1.29 is 23.1 Å². The van der Waals surface area contributed by atoms with E-state index in [0.717, 1.165) is 17.5 Å². The molecule has 0 aromatic heterocycles. The molecule has 0 amide bonds. The summed E-state index contributed by atoms with van der Waals surface area (Å²) in [5.41, 5.74) is 2.68. The number of aryl methyl sites for hydroxylation is 2. The molecule has 0 heterocycles. The van der Waals surface area contributed by atoms with Gasteiger partial charge in [-0.1, -0.05) is 6.07 Å². The fourth-order valence-corrected chi connectivity index (χ4v) is 4.53. The van der Waals surface area contributed by atoms with Crippen molar-refractivity contribution in [3.63, 3.8) is 0 Å². The number of anilines is 1. The van der Waals surface area contributed by atoms with E-state index in [1.165, 1.54) is 13.2 Å². The Morgan fingerprint density at radius 1 is 1.20 bits per heavy atom. The second kappa shape index (κ2) is 6.40. The monoisotopic (exact) mass is 361 g/mol. The van der Waals surface area contributed by atoms with Crippen LogP contribution in [0.3, 0.4) is 0 Å². The lowest BCUT2D eigenvalue weighted by molar-refractivity contribution is 0.0696. The highest BCUT2D eigenvalue weighted by Gasteiger charge is 2.27. The van der Waals surface area contributed by atoms with E-state index < -0.39 is 16.0 Å². The summed E-state index contributed by atoms with van der Waals surface area (Å²) in [5, 5.41) is 9.28. The summed E-state index contributed by atoms with van der Waals surface area (Å²) in [6.45, 7) is 1.85. The van der Waals surface area contributed by atoms with Gasteiger partial charge in [0.05, 0.1) is 23.3 Å². The van der Waals surface area contributed by atoms with Gasteiger partial charge in [0.25, 0.3) is 10.0 Å². The molecule has 6 nitrogen and oxygen atoms in total. The summed E-state index contributed by atoms with van der Waals surface area (Å²) in [5.74, 6) is -0.737. The van der Waals surface area contributed by atoms with Crippen LogP contribution in [-0.2, 0) is 22.9 Å². The predicted molar refractivity (Wildman–Crippen MR) is 94.0 cm³/mol. The summed E-state index contributed by atoms with van der Waals surface area (Å²) in [6.07, 6.45) is 2.12. The zero-order chi connectivity index (χ0) is 18.2. The molecule has 7 heteroatoms. The standard InChI is InChI=1S/C18H19NO5S/c1-11-6-7-16(24-2)15(8-11)19-25(22,23)17-10-13(18(20)21)9-12-4-3-5-14(12)17/h6-10,19H,3-5H2,1-2H3,(H,20,21). The minimum absolute atomic E-state index is 0.0165. The first-order valence-corrected chi connectivity index (χ1v) is 9.36. The second-order valence-electron chi connectivity index (χ2n) is 6.08. The van der Waals surface area contributed by atoms with Crippen LogP contribution in [0.1, 0.15) is 33.5 Å².